The largest absolute Gasteiger partial charge is 0.493 e. The van der Waals surface area contributed by atoms with E-state index in [0.717, 1.165) is 29.9 Å². The summed E-state index contributed by atoms with van der Waals surface area (Å²) in [4.78, 5) is 24.6. The number of amides is 1. The highest BCUT2D eigenvalue weighted by atomic mass is 32.1. The first-order valence-corrected chi connectivity index (χ1v) is 14.2. The molecule has 3 aromatic rings. The monoisotopic (exact) mass is 535 g/mol. The molecule has 0 saturated carbocycles. The van der Waals surface area contributed by atoms with Crippen LogP contribution < -0.4 is 10.1 Å². The normalized spacial score (nSPS) is 12.3. The van der Waals surface area contributed by atoms with Crippen LogP contribution in [-0.4, -0.2) is 30.1 Å². The van der Waals surface area contributed by atoms with Gasteiger partial charge in [-0.1, -0.05) is 58.4 Å². The molecule has 1 aromatic heterocycles. The Bertz CT molecular complexity index is 1210. The van der Waals surface area contributed by atoms with Crippen molar-refractivity contribution in [2.45, 2.75) is 72.6 Å². The minimum Gasteiger partial charge on any atom is -0.493 e. The molecular formula is C32H41NO4S. The summed E-state index contributed by atoms with van der Waals surface area (Å²) in [5, 5.41) is 11.4. The standard InChI is InChI=1S/C32H41NO4S/c1-7-23(8-13-27-14-15-28(38-27)31(36)33-17-16-29(34)35)20-37-26-18-21(2)30(22(3)19-26)24-9-11-25(12-10-24)32(4,5)6/h9-12,14-15,18-19,23H,7-8,13,16-17,20H2,1-6H3,(H,33,36)(H,34,35). The molecule has 0 aliphatic rings. The van der Waals surface area contributed by atoms with Crippen LogP contribution in [0.1, 0.15) is 78.2 Å². The van der Waals surface area contributed by atoms with Crippen molar-refractivity contribution in [3.63, 3.8) is 0 Å². The highest BCUT2D eigenvalue weighted by Gasteiger charge is 2.16. The Morgan fingerprint density at radius 3 is 2.26 bits per heavy atom. The van der Waals surface area contributed by atoms with Crippen LogP contribution in [-0.2, 0) is 16.6 Å². The van der Waals surface area contributed by atoms with Gasteiger partial charge in [0.25, 0.3) is 5.91 Å². The predicted molar refractivity (Wildman–Crippen MR) is 157 cm³/mol. The summed E-state index contributed by atoms with van der Waals surface area (Å²) in [6.45, 7) is 14.0. The lowest BCUT2D eigenvalue weighted by Crippen LogP contribution is -2.25. The average molecular weight is 536 g/mol. The van der Waals surface area contributed by atoms with Crippen molar-refractivity contribution in [1.29, 1.82) is 0 Å². The zero-order valence-electron chi connectivity index (χ0n) is 23.5. The Morgan fingerprint density at radius 1 is 1.03 bits per heavy atom. The molecule has 1 unspecified atom stereocenters. The van der Waals surface area contributed by atoms with Crippen molar-refractivity contribution >= 4 is 23.2 Å². The van der Waals surface area contributed by atoms with Crippen molar-refractivity contribution in [3.05, 3.63) is 75.0 Å². The Hall–Kier alpha value is -3.12. The van der Waals surface area contributed by atoms with E-state index in [9.17, 15) is 9.59 Å². The fourth-order valence-electron chi connectivity index (χ4n) is 4.57. The van der Waals surface area contributed by atoms with Gasteiger partial charge >= 0.3 is 5.97 Å². The molecule has 2 aromatic carbocycles. The molecule has 0 radical (unpaired) electrons. The van der Waals surface area contributed by atoms with Gasteiger partial charge in [0.2, 0.25) is 0 Å². The number of thiophene rings is 1. The van der Waals surface area contributed by atoms with Crippen LogP contribution in [0.5, 0.6) is 5.75 Å². The second kappa shape index (κ2) is 13.1. The van der Waals surface area contributed by atoms with Crippen molar-refractivity contribution in [1.82, 2.24) is 5.32 Å². The first kappa shape index (κ1) is 29.4. The van der Waals surface area contributed by atoms with Gasteiger partial charge < -0.3 is 15.2 Å². The molecule has 0 bridgehead atoms. The number of carbonyl (C=O) groups excluding carboxylic acids is 1. The van der Waals surface area contributed by atoms with Gasteiger partial charge in [-0.05, 0) is 90.1 Å². The SMILES string of the molecule is CCC(CCc1ccc(C(=O)NCCC(=O)O)s1)COc1cc(C)c(-c2ccc(C(C)(C)C)cc2)c(C)c1. The van der Waals surface area contributed by atoms with E-state index in [1.165, 1.54) is 39.2 Å². The maximum atomic E-state index is 12.2. The van der Waals surface area contributed by atoms with E-state index in [0.29, 0.717) is 17.4 Å². The van der Waals surface area contributed by atoms with Gasteiger partial charge in [0.15, 0.2) is 0 Å². The van der Waals surface area contributed by atoms with Gasteiger partial charge in [0.05, 0.1) is 17.9 Å². The van der Waals surface area contributed by atoms with Gasteiger partial charge in [-0.25, -0.2) is 0 Å². The Labute approximate surface area is 231 Å². The molecule has 6 heteroatoms. The van der Waals surface area contributed by atoms with Gasteiger partial charge in [-0.15, -0.1) is 11.3 Å². The molecule has 1 atom stereocenters. The Balaban J connectivity index is 1.56. The number of aliphatic carboxylic acids is 1. The van der Waals surface area contributed by atoms with Crippen LogP contribution in [0, 0.1) is 19.8 Å². The molecule has 1 amide bonds. The molecule has 0 fully saturated rings. The molecular weight excluding hydrogens is 494 g/mol. The number of benzene rings is 2. The minimum atomic E-state index is -0.919. The first-order chi connectivity index (χ1) is 18.0. The Kier molecular flexibility index (Phi) is 10.1. The van der Waals surface area contributed by atoms with E-state index < -0.39 is 5.97 Å². The highest BCUT2D eigenvalue weighted by Crippen LogP contribution is 2.33. The van der Waals surface area contributed by atoms with Gasteiger partial charge in [-0.3, -0.25) is 9.59 Å². The summed E-state index contributed by atoms with van der Waals surface area (Å²) in [5.74, 6) is 0.189. The van der Waals surface area contributed by atoms with Crippen LogP contribution in [0.15, 0.2) is 48.5 Å². The number of nitrogens with one attached hydrogen (secondary N) is 1. The second-order valence-corrected chi connectivity index (χ2v) is 12.2. The van der Waals surface area contributed by atoms with Crippen molar-refractivity contribution in [2.24, 2.45) is 5.92 Å². The molecule has 0 saturated heterocycles. The third-order valence-electron chi connectivity index (χ3n) is 6.92. The van der Waals surface area contributed by atoms with Crippen LogP contribution in [0.4, 0.5) is 0 Å². The fourth-order valence-corrected chi connectivity index (χ4v) is 5.51. The third-order valence-corrected chi connectivity index (χ3v) is 8.06. The molecule has 3 rings (SSSR count). The summed E-state index contributed by atoms with van der Waals surface area (Å²) in [7, 11) is 0. The molecule has 0 spiro atoms. The maximum Gasteiger partial charge on any atom is 0.305 e. The summed E-state index contributed by atoms with van der Waals surface area (Å²) in [6.07, 6.45) is 2.81. The van der Waals surface area contributed by atoms with E-state index >= 15 is 0 Å². The number of carboxylic acids is 1. The highest BCUT2D eigenvalue weighted by molar-refractivity contribution is 7.14. The van der Waals surface area contributed by atoms with E-state index in [1.54, 1.807) is 0 Å². The first-order valence-electron chi connectivity index (χ1n) is 13.4. The lowest BCUT2D eigenvalue weighted by Gasteiger charge is -2.20. The van der Waals surface area contributed by atoms with Crippen molar-refractivity contribution < 1.29 is 19.4 Å². The number of aryl methyl sites for hydroxylation is 3. The van der Waals surface area contributed by atoms with Crippen LogP contribution in [0.25, 0.3) is 11.1 Å². The number of hydrogen-bond donors (Lipinski definition) is 2. The van der Waals surface area contributed by atoms with Crippen molar-refractivity contribution in [2.75, 3.05) is 13.2 Å². The van der Waals surface area contributed by atoms with E-state index in [4.69, 9.17) is 9.84 Å². The minimum absolute atomic E-state index is 0.0749. The molecule has 2 N–H and O–H groups in total. The number of ether oxygens (including phenoxy) is 1. The number of carboxylic acid groups (broad SMARTS) is 1. The fraction of sp³-hybridized carbons (Fsp3) is 0.438. The zero-order chi connectivity index (χ0) is 27.9. The number of hydrogen-bond acceptors (Lipinski definition) is 4. The van der Waals surface area contributed by atoms with Crippen LogP contribution in [0.2, 0.25) is 0 Å². The maximum absolute atomic E-state index is 12.2. The van der Waals surface area contributed by atoms with Crippen molar-refractivity contribution in [3.8, 4) is 16.9 Å². The lowest BCUT2D eigenvalue weighted by atomic mass is 9.85. The van der Waals surface area contributed by atoms with Crippen LogP contribution in [0.3, 0.4) is 0 Å². The number of rotatable bonds is 12. The van der Waals surface area contributed by atoms with Gasteiger partial charge in [0.1, 0.15) is 5.75 Å². The molecule has 38 heavy (non-hydrogen) atoms. The van der Waals surface area contributed by atoms with Gasteiger partial charge in [0, 0.05) is 11.4 Å². The summed E-state index contributed by atoms with van der Waals surface area (Å²) < 4.78 is 6.26. The lowest BCUT2D eigenvalue weighted by molar-refractivity contribution is -0.136. The van der Waals surface area contributed by atoms with E-state index in [-0.39, 0.29) is 24.3 Å². The Morgan fingerprint density at radius 2 is 1.68 bits per heavy atom. The van der Waals surface area contributed by atoms with E-state index in [1.807, 2.05) is 12.1 Å². The van der Waals surface area contributed by atoms with Crippen LogP contribution >= 0.6 is 11.3 Å². The van der Waals surface area contributed by atoms with E-state index in [2.05, 4.69) is 83.3 Å². The quantitative estimate of drug-likeness (QED) is 0.251. The third kappa shape index (κ3) is 8.19. The molecule has 5 nitrogen and oxygen atoms in total. The van der Waals surface area contributed by atoms with Gasteiger partial charge in [-0.2, -0.15) is 0 Å². The average Bonchev–Trinajstić information content (AvgIpc) is 3.32. The predicted octanol–water partition coefficient (Wildman–Crippen LogP) is 7.57. The number of carbonyl (C=O) groups is 2. The smallest absolute Gasteiger partial charge is 0.305 e. The summed E-state index contributed by atoms with van der Waals surface area (Å²) >= 11 is 1.47. The summed E-state index contributed by atoms with van der Waals surface area (Å²) in [6, 6.07) is 17.0. The topological polar surface area (TPSA) is 75.6 Å². The zero-order valence-corrected chi connectivity index (χ0v) is 24.3. The summed E-state index contributed by atoms with van der Waals surface area (Å²) in [5.41, 5.74) is 6.40. The molecule has 204 valence electrons. The second-order valence-electron chi connectivity index (χ2n) is 11.0. The molecule has 0 aliphatic heterocycles. The molecule has 1 heterocycles. The molecule has 0 aliphatic carbocycles.